The number of methoxy groups -OCH3 is 2. The Morgan fingerprint density at radius 3 is 1.87 bits per heavy atom. The Morgan fingerprint density at radius 2 is 1.35 bits per heavy atom. The Labute approximate surface area is 182 Å². The van der Waals surface area contributed by atoms with Crippen LogP contribution in [0.25, 0.3) is 0 Å². The normalized spacial score (nSPS) is 14.4. The summed E-state index contributed by atoms with van der Waals surface area (Å²) >= 11 is 0. The molecule has 0 aliphatic carbocycles. The van der Waals surface area contributed by atoms with E-state index in [0.29, 0.717) is 11.3 Å². The first-order chi connectivity index (χ1) is 15.0. The molecule has 0 unspecified atom stereocenters. The molecule has 0 spiro atoms. The van der Waals surface area contributed by atoms with Gasteiger partial charge >= 0.3 is 11.9 Å². The number of carbonyl (C=O) groups excluding carboxylic acids is 3. The van der Waals surface area contributed by atoms with Crippen molar-refractivity contribution in [2.24, 2.45) is 0 Å². The van der Waals surface area contributed by atoms with Gasteiger partial charge in [-0.25, -0.2) is 9.59 Å². The van der Waals surface area contributed by atoms with Gasteiger partial charge in [-0.2, -0.15) is 0 Å². The molecular weight excluding hydrogens is 396 g/mol. The summed E-state index contributed by atoms with van der Waals surface area (Å²) in [6.45, 7) is 3.11. The van der Waals surface area contributed by atoms with E-state index in [0.717, 1.165) is 19.6 Å². The van der Waals surface area contributed by atoms with E-state index in [-0.39, 0.29) is 17.0 Å². The fraction of sp³-hybridized carbons (Fsp3) is 0.375. The molecule has 1 amide bonds. The van der Waals surface area contributed by atoms with Gasteiger partial charge in [0.05, 0.1) is 25.3 Å². The maximum Gasteiger partial charge on any atom is 0.337 e. The molecule has 0 saturated carbocycles. The number of nitrogens with zero attached hydrogens (tertiary/aromatic N) is 1. The average molecular weight is 424 g/mol. The van der Waals surface area contributed by atoms with E-state index in [1.54, 1.807) is 12.1 Å². The smallest absolute Gasteiger partial charge is 0.337 e. The first kappa shape index (κ1) is 22.5. The number of hydrogen-bond acceptors (Lipinski definition) is 6. The standard InChI is InChI=1S/C24H28N2O5/c1-30-23(28)19-13-20(24(29)31-2)15-21(14-19)25-22(27)18-9-7-17(8-10-18)16-26-11-5-3-4-6-12-26/h7-10,13-15H,3-6,11-12,16H2,1-2H3,(H,25,27). The van der Waals surface area contributed by atoms with Gasteiger partial charge < -0.3 is 14.8 Å². The molecule has 1 heterocycles. The van der Waals surface area contributed by atoms with Crippen LogP contribution in [0.5, 0.6) is 0 Å². The number of likely N-dealkylation sites (tertiary alicyclic amines) is 1. The van der Waals surface area contributed by atoms with Gasteiger partial charge in [0, 0.05) is 17.8 Å². The monoisotopic (exact) mass is 424 g/mol. The van der Waals surface area contributed by atoms with Gasteiger partial charge in [0.2, 0.25) is 0 Å². The summed E-state index contributed by atoms with van der Waals surface area (Å²) in [4.78, 5) is 39.0. The van der Waals surface area contributed by atoms with Gasteiger partial charge in [0.1, 0.15) is 0 Å². The van der Waals surface area contributed by atoms with Crippen LogP contribution < -0.4 is 5.32 Å². The topological polar surface area (TPSA) is 84.9 Å². The summed E-state index contributed by atoms with van der Waals surface area (Å²) in [6, 6.07) is 11.8. The van der Waals surface area contributed by atoms with E-state index < -0.39 is 11.9 Å². The fourth-order valence-corrected chi connectivity index (χ4v) is 3.69. The molecule has 7 nitrogen and oxygen atoms in total. The number of ether oxygens (including phenoxy) is 2. The van der Waals surface area contributed by atoms with Gasteiger partial charge in [0.25, 0.3) is 5.91 Å². The maximum absolute atomic E-state index is 12.7. The van der Waals surface area contributed by atoms with Crippen molar-refractivity contribution in [3.05, 3.63) is 64.7 Å². The summed E-state index contributed by atoms with van der Waals surface area (Å²) in [5, 5.41) is 2.74. The largest absolute Gasteiger partial charge is 0.465 e. The summed E-state index contributed by atoms with van der Waals surface area (Å²) in [5.41, 5.74) is 2.26. The molecule has 3 rings (SSSR count). The Kier molecular flexibility index (Phi) is 7.78. The van der Waals surface area contributed by atoms with Crippen molar-refractivity contribution in [1.29, 1.82) is 0 Å². The molecular formula is C24H28N2O5. The number of nitrogens with one attached hydrogen (secondary N) is 1. The molecule has 7 heteroatoms. The molecule has 0 bridgehead atoms. The van der Waals surface area contributed by atoms with Crippen molar-refractivity contribution in [2.45, 2.75) is 32.2 Å². The van der Waals surface area contributed by atoms with Crippen LogP contribution in [-0.4, -0.2) is 50.1 Å². The van der Waals surface area contributed by atoms with Crippen LogP contribution in [0.1, 0.15) is 62.3 Å². The van der Waals surface area contributed by atoms with Crippen molar-refractivity contribution in [2.75, 3.05) is 32.6 Å². The second kappa shape index (κ2) is 10.7. The van der Waals surface area contributed by atoms with Crippen molar-refractivity contribution < 1.29 is 23.9 Å². The zero-order valence-electron chi connectivity index (χ0n) is 18.0. The Bertz CT molecular complexity index is 897. The lowest BCUT2D eigenvalue weighted by Crippen LogP contribution is -2.24. The van der Waals surface area contributed by atoms with Crippen LogP contribution in [-0.2, 0) is 16.0 Å². The lowest BCUT2D eigenvalue weighted by atomic mass is 10.1. The van der Waals surface area contributed by atoms with Crippen LogP contribution in [0.15, 0.2) is 42.5 Å². The van der Waals surface area contributed by atoms with Crippen LogP contribution >= 0.6 is 0 Å². The minimum Gasteiger partial charge on any atom is -0.465 e. The molecule has 2 aromatic carbocycles. The van der Waals surface area contributed by atoms with Gasteiger partial charge in [-0.1, -0.05) is 25.0 Å². The molecule has 31 heavy (non-hydrogen) atoms. The van der Waals surface area contributed by atoms with Gasteiger partial charge in [0.15, 0.2) is 0 Å². The van der Waals surface area contributed by atoms with Gasteiger partial charge in [-0.15, -0.1) is 0 Å². The van der Waals surface area contributed by atoms with Crippen LogP contribution in [0, 0.1) is 0 Å². The number of amides is 1. The third-order valence-electron chi connectivity index (χ3n) is 5.35. The summed E-state index contributed by atoms with van der Waals surface area (Å²) in [7, 11) is 2.50. The number of benzene rings is 2. The highest BCUT2D eigenvalue weighted by Crippen LogP contribution is 2.19. The molecule has 1 aliphatic rings. The maximum atomic E-state index is 12.7. The zero-order chi connectivity index (χ0) is 22.2. The summed E-state index contributed by atoms with van der Waals surface area (Å²) < 4.78 is 9.45. The number of esters is 2. The molecule has 0 aromatic heterocycles. The second-order valence-electron chi connectivity index (χ2n) is 7.62. The third kappa shape index (κ3) is 6.15. The zero-order valence-corrected chi connectivity index (χ0v) is 18.0. The fourth-order valence-electron chi connectivity index (χ4n) is 3.69. The van der Waals surface area contributed by atoms with E-state index in [2.05, 4.69) is 10.2 Å². The Hall–Kier alpha value is -3.19. The Morgan fingerprint density at radius 1 is 0.806 bits per heavy atom. The molecule has 164 valence electrons. The lowest BCUT2D eigenvalue weighted by molar-refractivity contribution is 0.0599. The molecule has 1 N–H and O–H groups in total. The molecule has 1 fully saturated rings. The highest BCUT2D eigenvalue weighted by molar-refractivity contribution is 6.06. The predicted octanol–water partition coefficient (Wildman–Crippen LogP) is 3.89. The van der Waals surface area contributed by atoms with Gasteiger partial charge in [-0.05, 0) is 61.8 Å². The van der Waals surface area contributed by atoms with Crippen LogP contribution in [0.3, 0.4) is 0 Å². The van der Waals surface area contributed by atoms with Crippen molar-refractivity contribution >= 4 is 23.5 Å². The average Bonchev–Trinajstić information content (AvgIpc) is 3.06. The van der Waals surface area contributed by atoms with Crippen molar-refractivity contribution in [3.63, 3.8) is 0 Å². The van der Waals surface area contributed by atoms with E-state index >= 15 is 0 Å². The van der Waals surface area contributed by atoms with Crippen molar-refractivity contribution in [3.8, 4) is 0 Å². The van der Waals surface area contributed by atoms with Crippen LogP contribution in [0.4, 0.5) is 5.69 Å². The first-order valence-electron chi connectivity index (χ1n) is 10.4. The lowest BCUT2D eigenvalue weighted by Gasteiger charge is -2.19. The SMILES string of the molecule is COC(=O)c1cc(NC(=O)c2ccc(CN3CCCCCC3)cc2)cc(C(=O)OC)c1. The molecule has 1 aliphatic heterocycles. The van der Waals surface area contributed by atoms with E-state index in [4.69, 9.17) is 9.47 Å². The Balaban J connectivity index is 1.71. The molecule has 0 atom stereocenters. The van der Waals surface area contributed by atoms with Crippen molar-refractivity contribution in [1.82, 2.24) is 4.90 Å². The molecule has 1 saturated heterocycles. The highest BCUT2D eigenvalue weighted by Gasteiger charge is 2.16. The predicted molar refractivity (Wildman–Crippen MR) is 117 cm³/mol. The van der Waals surface area contributed by atoms with E-state index in [9.17, 15) is 14.4 Å². The third-order valence-corrected chi connectivity index (χ3v) is 5.35. The minimum absolute atomic E-state index is 0.147. The van der Waals surface area contributed by atoms with Gasteiger partial charge in [-0.3, -0.25) is 9.69 Å². The quantitative estimate of drug-likeness (QED) is 0.709. The summed E-state index contributed by atoms with van der Waals surface area (Å²) in [6.07, 6.45) is 5.06. The number of carbonyl (C=O) groups is 3. The number of rotatable bonds is 6. The summed E-state index contributed by atoms with van der Waals surface area (Å²) in [5.74, 6) is -1.56. The van der Waals surface area contributed by atoms with E-state index in [1.165, 1.54) is 63.7 Å². The number of hydrogen-bond donors (Lipinski definition) is 1. The van der Waals surface area contributed by atoms with Crippen LogP contribution in [0.2, 0.25) is 0 Å². The van der Waals surface area contributed by atoms with E-state index in [1.807, 2.05) is 12.1 Å². The second-order valence-corrected chi connectivity index (χ2v) is 7.62. The first-order valence-corrected chi connectivity index (χ1v) is 10.4. The molecule has 2 aromatic rings. The highest BCUT2D eigenvalue weighted by atomic mass is 16.5. The number of anilines is 1. The minimum atomic E-state index is -0.612. The molecule has 0 radical (unpaired) electrons.